The molecule has 0 amide bonds. The first-order chi connectivity index (χ1) is 13.2. The van der Waals surface area contributed by atoms with E-state index in [-0.39, 0.29) is 29.5 Å². The van der Waals surface area contributed by atoms with E-state index >= 15 is 0 Å². The van der Waals surface area contributed by atoms with E-state index in [1.54, 1.807) is 12.1 Å². The van der Waals surface area contributed by atoms with Crippen molar-refractivity contribution in [3.8, 4) is 0 Å². The first-order valence-corrected chi connectivity index (χ1v) is 9.55. The van der Waals surface area contributed by atoms with Crippen molar-refractivity contribution in [2.75, 3.05) is 24.6 Å². The Kier molecular flexibility index (Phi) is 5.90. The van der Waals surface area contributed by atoms with Gasteiger partial charge in [0.1, 0.15) is 24.4 Å². The number of aromatic nitrogens is 2. The van der Waals surface area contributed by atoms with E-state index in [4.69, 9.17) is 20.3 Å². The van der Waals surface area contributed by atoms with Crippen LogP contribution in [0, 0.1) is 10.8 Å². The summed E-state index contributed by atoms with van der Waals surface area (Å²) in [6.07, 6.45) is 0.723. The number of hydrogen-bond acceptors (Lipinski definition) is 7. The summed E-state index contributed by atoms with van der Waals surface area (Å²) in [5.74, 6) is 0.715. The largest absolute Gasteiger partial charge is 0.372 e. The summed E-state index contributed by atoms with van der Waals surface area (Å²) in [5, 5.41) is 16.7. The monoisotopic (exact) mass is 389 g/mol. The Morgan fingerprint density at radius 2 is 2.14 bits per heavy atom. The standard InChI is InChI=1S/C20H28FN5O2/c1-12(2)28-17-7-13(15(22)8-14(17)21)19(23)16-9-18(25-11-24-16)26-5-6-27-20(3,4)10-26/h7,9,11-12,14,17,22-23H,5-6,8,10H2,1-4H3. The van der Waals surface area contributed by atoms with E-state index < -0.39 is 12.3 Å². The molecule has 1 saturated heterocycles. The second-order valence-electron chi connectivity index (χ2n) is 8.09. The molecule has 3 rings (SSSR count). The van der Waals surface area contributed by atoms with Gasteiger partial charge in [-0.1, -0.05) is 0 Å². The number of hydrogen-bond donors (Lipinski definition) is 2. The molecule has 2 atom stereocenters. The van der Waals surface area contributed by atoms with Gasteiger partial charge in [-0.05, 0) is 33.8 Å². The molecule has 2 heterocycles. The fraction of sp³-hybridized carbons (Fsp3) is 0.600. The number of morpholine rings is 1. The van der Waals surface area contributed by atoms with Crippen LogP contribution in [0.3, 0.4) is 0 Å². The van der Waals surface area contributed by atoms with Crippen molar-refractivity contribution in [1.82, 2.24) is 9.97 Å². The fourth-order valence-electron chi connectivity index (χ4n) is 3.47. The molecule has 152 valence electrons. The van der Waals surface area contributed by atoms with Crippen LogP contribution in [0.1, 0.15) is 39.8 Å². The molecule has 0 radical (unpaired) electrons. The molecule has 2 N–H and O–H groups in total. The molecule has 2 unspecified atom stereocenters. The summed E-state index contributed by atoms with van der Waals surface area (Å²) < 4.78 is 25.6. The van der Waals surface area contributed by atoms with Crippen molar-refractivity contribution < 1.29 is 13.9 Å². The lowest BCUT2D eigenvalue weighted by molar-refractivity contribution is -0.0279. The average molecular weight is 389 g/mol. The zero-order valence-corrected chi connectivity index (χ0v) is 16.8. The van der Waals surface area contributed by atoms with E-state index in [1.807, 2.05) is 27.7 Å². The van der Waals surface area contributed by atoms with Crippen LogP contribution in [0.15, 0.2) is 24.0 Å². The molecule has 1 fully saturated rings. The van der Waals surface area contributed by atoms with Crippen molar-refractivity contribution >= 4 is 17.2 Å². The lowest BCUT2D eigenvalue weighted by Gasteiger charge is -2.38. The molecule has 1 aromatic heterocycles. The lowest BCUT2D eigenvalue weighted by atomic mass is 9.89. The smallest absolute Gasteiger partial charge is 0.135 e. The first-order valence-electron chi connectivity index (χ1n) is 9.55. The minimum Gasteiger partial charge on any atom is -0.372 e. The van der Waals surface area contributed by atoms with Gasteiger partial charge in [0.15, 0.2) is 0 Å². The Balaban J connectivity index is 1.85. The van der Waals surface area contributed by atoms with Crippen molar-refractivity contribution in [3.05, 3.63) is 29.7 Å². The average Bonchev–Trinajstić information content (AvgIpc) is 2.62. The molecule has 0 spiro atoms. The summed E-state index contributed by atoms with van der Waals surface area (Å²) in [6.45, 7) is 9.73. The minimum absolute atomic E-state index is 0.0683. The number of rotatable bonds is 5. The maximum Gasteiger partial charge on any atom is 0.135 e. The molecule has 0 bridgehead atoms. The molecule has 1 aliphatic carbocycles. The molecular weight excluding hydrogens is 361 g/mol. The van der Waals surface area contributed by atoms with Gasteiger partial charge in [0.05, 0.1) is 29.7 Å². The number of anilines is 1. The Labute approximate surface area is 165 Å². The first kappa shape index (κ1) is 20.5. The highest BCUT2D eigenvalue weighted by molar-refractivity contribution is 6.28. The maximum absolute atomic E-state index is 14.3. The summed E-state index contributed by atoms with van der Waals surface area (Å²) in [6, 6.07) is 1.75. The molecule has 2 aliphatic rings. The molecule has 8 heteroatoms. The van der Waals surface area contributed by atoms with Gasteiger partial charge in [-0.2, -0.15) is 0 Å². The highest BCUT2D eigenvalue weighted by atomic mass is 19.1. The number of nitrogens with zero attached hydrogens (tertiary/aromatic N) is 3. The predicted octanol–water partition coefficient (Wildman–Crippen LogP) is 2.94. The Morgan fingerprint density at radius 3 is 2.82 bits per heavy atom. The summed E-state index contributed by atoms with van der Waals surface area (Å²) in [5.41, 5.74) is 0.680. The van der Waals surface area contributed by atoms with E-state index in [9.17, 15) is 4.39 Å². The van der Waals surface area contributed by atoms with E-state index in [0.717, 1.165) is 0 Å². The zero-order valence-electron chi connectivity index (χ0n) is 16.8. The van der Waals surface area contributed by atoms with Crippen LogP contribution in [0.4, 0.5) is 10.2 Å². The predicted molar refractivity (Wildman–Crippen MR) is 106 cm³/mol. The SMILES string of the molecule is CC(C)OC1C=C(C(=N)c2cc(N3CCOC(C)(C)C3)ncn2)C(=N)CC1F. The van der Waals surface area contributed by atoms with E-state index in [1.165, 1.54) is 6.33 Å². The highest BCUT2D eigenvalue weighted by Crippen LogP contribution is 2.26. The number of nitrogens with one attached hydrogen (secondary N) is 2. The van der Waals surface area contributed by atoms with Crippen LogP contribution in [0.25, 0.3) is 0 Å². The van der Waals surface area contributed by atoms with Gasteiger partial charge in [-0.15, -0.1) is 0 Å². The van der Waals surface area contributed by atoms with Gasteiger partial charge in [0, 0.05) is 36.9 Å². The third-order valence-corrected chi connectivity index (χ3v) is 4.77. The van der Waals surface area contributed by atoms with Gasteiger partial charge >= 0.3 is 0 Å². The van der Waals surface area contributed by atoms with Gasteiger partial charge in [0.2, 0.25) is 0 Å². The van der Waals surface area contributed by atoms with Gasteiger partial charge in [-0.25, -0.2) is 14.4 Å². The van der Waals surface area contributed by atoms with Crippen molar-refractivity contribution in [2.45, 2.75) is 58.1 Å². The number of allylic oxidation sites excluding steroid dienone is 1. The van der Waals surface area contributed by atoms with Gasteiger partial charge < -0.3 is 19.8 Å². The van der Waals surface area contributed by atoms with Crippen LogP contribution in [-0.2, 0) is 9.47 Å². The second kappa shape index (κ2) is 8.05. The number of alkyl halides is 1. The van der Waals surface area contributed by atoms with Crippen molar-refractivity contribution in [1.29, 1.82) is 10.8 Å². The Hall–Kier alpha value is -2.19. The van der Waals surface area contributed by atoms with Gasteiger partial charge in [-0.3, -0.25) is 5.41 Å². The van der Waals surface area contributed by atoms with Crippen LogP contribution < -0.4 is 4.90 Å². The Bertz CT molecular complexity index is 793. The quantitative estimate of drug-likeness (QED) is 0.755. The second-order valence-corrected chi connectivity index (χ2v) is 8.09. The zero-order chi connectivity index (χ0) is 20.5. The summed E-state index contributed by atoms with van der Waals surface area (Å²) in [7, 11) is 0. The number of halogens is 1. The van der Waals surface area contributed by atoms with Crippen LogP contribution in [-0.4, -0.2) is 65.1 Å². The van der Waals surface area contributed by atoms with E-state index in [0.29, 0.717) is 36.8 Å². The minimum atomic E-state index is -1.28. The third-order valence-electron chi connectivity index (χ3n) is 4.77. The van der Waals surface area contributed by atoms with Crippen LogP contribution in [0.5, 0.6) is 0 Å². The van der Waals surface area contributed by atoms with Gasteiger partial charge in [0.25, 0.3) is 0 Å². The third kappa shape index (κ3) is 4.62. The molecule has 28 heavy (non-hydrogen) atoms. The molecule has 0 aromatic carbocycles. The fourth-order valence-corrected chi connectivity index (χ4v) is 3.47. The summed E-state index contributed by atoms with van der Waals surface area (Å²) >= 11 is 0. The molecule has 0 saturated carbocycles. The lowest BCUT2D eigenvalue weighted by Crippen LogP contribution is -2.48. The Morgan fingerprint density at radius 1 is 1.39 bits per heavy atom. The van der Waals surface area contributed by atoms with Crippen LogP contribution >= 0.6 is 0 Å². The van der Waals surface area contributed by atoms with E-state index in [2.05, 4.69) is 14.9 Å². The van der Waals surface area contributed by atoms with Crippen LogP contribution in [0.2, 0.25) is 0 Å². The molecular formula is C20H28FN5O2. The highest BCUT2D eigenvalue weighted by Gasteiger charge is 2.32. The molecule has 7 nitrogen and oxygen atoms in total. The van der Waals surface area contributed by atoms with Crippen molar-refractivity contribution in [3.63, 3.8) is 0 Å². The maximum atomic E-state index is 14.3. The number of ether oxygens (including phenoxy) is 2. The topological polar surface area (TPSA) is 95.2 Å². The molecule has 1 aliphatic heterocycles. The normalized spacial score (nSPS) is 25.0. The summed E-state index contributed by atoms with van der Waals surface area (Å²) in [4.78, 5) is 10.7. The molecule has 1 aromatic rings. The van der Waals surface area contributed by atoms with Crippen molar-refractivity contribution in [2.24, 2.45) is 0 Å².